The fraction of sp³-hybridized carbons (Fsp3) is 0.417. The topological polar surface area (TPSA) is 86.8 Å². The van der Waals surface area contributed by atoms with Crippen molar-refractivity contribution in [3.8, 4) is 0 Å². The summed E-state index contributed by atoms with van der Waals surface area (Å²) >= 11 is 0. The standard InChI is InChI=1S/C24H31N3O4S/c1-17(2)20-7-11-23(12-8-20)32(30,31)27-15-13-26(14-16-27)18(3)24(29)25-22-9-5-21(6-10-22)19(4)28/h5-12,17-18H,13-16H2,1-4H3,(H,25,29). The number of hydrogen-bond acceptors (Lipinski definition) is 5. The van der Waals surface area contributed by atoms with Crippen molar-refractivity contribution >= 4 is 27.4 Å². The summed E-state index contributed by atoms with van der Waals surface area (Å²) in [4.78, 5) is 26.3. The monoisotopic (exact) mass is 457 g/mol. The van der Waals surface area contributed by atoms with E-state index in [-0.39, 0.29) is 11.7 Å². The SMILES string of the molecule is CC(=O)c1ccc(NC(=O)C(C)N2CCN(S(=O)(=O)c3ccc(C(C)C)cc3)CC2)cc1. The predicted molar refractivity (Wildman–Crippen MR) is 125 cm³/mol. The molecule has 0 spiro atoms. The maximum absolute atomic E-state index is 13.0. The van der Waals surface area contributed by atoms with Crippen LogP contribution in [0.1, 0.15) is 49.5 Å². The second-order valence-corrected chi connectivity index (χ2v) is 10.4. The summed E-state index contributed by atoms with van der Waals surface area (Å²) in [5.74, 6) is 0.149. The van der Waals surface area contributed by atoms with Gasteiger partial charge in [0.2, 0.25) is 15.9 Å². The lowest BCUT2D eigenvalue weighted by Crippen LogP contribution is -2.53. The van der Waals surface area contributed by atoms with Gasteiger partial charge in [0.1, 0.15) is 0 Å². The first-order valence-corrected chi connectivity index (χ1v) is 12.3. The normalized spacial score (nSPS) is 16.7. The molecular weight excluding hydrogens is 426 g/mol. The number of benzene rings is 2. The minimum absolute atomic E-state index is 0.0278. The van der Waals surface area contributed by atoms with Gasteiger partial charge in [-0.15, -0.1) is 0 Å². The molecule has 32 heavy (non-hydrogen) atoms. The van der Waals surface area contributed by atoms with Crippen LogP contribution in [0.25, 0.3) is 0 Å². The van der Waals surface area contributed by atoms with Crippen molar-refractivity contribution in [3.63, 3.8) is 0 Å². The predicted octanol–water partition coefficient (Wildman–Crippen LogP) is 3.35. The Hall–Kier alpha value is -2.55. The van der Waals surface area contributed by atoms with E-state index in [0.29, 0.717) is 48.2 Å². The molecule has 0 aliphatic carbocycles. The molecule has 2 aromatic carbocycles. The molecule has 1 atom stereocenters. The Kier molecular flexibility index (Phi) is 7.48. The van der Waals surface area contributed by atoms with Gasteiger partial charge in [0, 0.05) is 37.4 Å². The number of rotatable bonds is 7. The number of hydrogen-bond donors (Lipinski definition) is 1. The van der Waals surface area contributed by atoms with Gasteiger partial charge in [0.15, 0.2) is 5.78 Å². The molecule has 3 rings (SSSR count). The van der Waals surface area contributed by atoms with Gasteiger partial charge in [-0.05, 0) is 61.7 Å². The molecule has 2 aromatic rings. The summed E-state index contributed by atoms with van der Waals surface area (Å²) in [6, 6.07) is 13.4. The largest absolute Gasteiger partial charge is 0.325 e. The maximum Gasteiger partial charge on any atom is 0.243 e. The smallest absolute Gasteiger partial charge is 0.243 e. The molecular formula is C24H31N3O4S. The third-order valence-electron chi connectivity index (χ3n) is 5.94. The zero-order valence-electron chi connectivity index (χ0n) is 19.0. The van der Waals surface area contributed by atoms with Crippen LogP contribution in [0.4, 0.5) is 5.69 Å². The lowest BCUT2D eigenvalue weighted by Gasteiger charge is -2.36. The van der Waals surface area contributed by atoms with E-state index in [0.717, 1.165) is 5.56 Å². The number of Topliss-reactive ketones (excluding diaryl/α,β-unsaturated/α-hetero) is 1. The number of ketones is 1. The first-order valence-electron chi connectivity index (χ1n) is 10.9. The first kappa shape index (κ1) is 24.1. The zero-order chi connectivity index (χ0) is 23.5. The minimum atomic E-state index is -3.55. The summed E-state index contributed by atoms with van der Waals surface area (Å²) in [5, 5.41) is 2.86. The number of amides is 1. The van der Waals surface area contributed by atoms with Gasteiger partial charge in [-0.25, -0.2) is 8.42 Å². The second-order valence-electron chi connectivity index (χ2n) is 8.46. The summed E-state index contributed by atoms with van der Waals surface area (Å²) in [7, 11) is -3.55. The van der Waals surface area contributed by atoms with Crippen LogP contribution in [0, 0.1) is 0 Å². The molecule has 0 saturated carbocycles. The second kappa shape index (κ2) is 9.94. The molecule has 7 nitrogen and oxygen atoms in total. The van der Waals surface area contributed by atoms with Crippen LogP contribution < -0.4 is 5.32 Å². The molecule has 1 unspecified atom stereocenters. The average molecular weight is 458 g/mol. The minimum Gasteiger partial charge on any atom is -0.325 e. The Bertz CT molecular complexity index is 1060. The fourth-order valence-electron chi connectivity index (χ4n) is 3.71. The Balaban J connectivity index is 1.58. The van der Waals surface area contributed by atoms with Crippen molar-refractivity contribution in [2.45, 2.75) is 44.6 Å². The van der Waals surface area contributed by atoms with E-state index < -0.39 is 16.1 Å². The summed E-state index contributed by atoms with van der Waals surface area (Å²) in [5.41, 5.74) is 2.31. The van der Waals surface area contributed by atoms with Crippen molar-refractivity contribution in [1.82, 2.24) is 9.21 Å². The Labute approximate surface area is 190 Å². The lowest BCUT2D eigenvalue weighted by molar-refractivity contribution is -0.121. The molecule has 1 N–H and O–H groups in total. The molecule has 0 aromatic heterocycles. The molecule has 1 saturated heterocycles. The molecule has 1 fully saturated rings. The van der Waals surface area contributed by atoms with Gasteiger partial charge in [-0.1, -0.05) is 26.0 Å². The quantitative estimate of drug-likeness (QED) is 0.645. The number of nitrogens with one attached hydrogen (secondary N) is 1. The van der Waals surface area contributed by atoms with Crippen LogP contribution in [0.15, 0.2) is 53.4 Å². The third-order valence-corrected chi connectivity index (χ3v) is 7.86. The van der Waals surface area contributed by atoms with E-state index in [1.807, 2.05) is 24.0 Å². The van der Waals surface area contributed by atoms with Gasteiger partial charge in [0.25, 0.3) is 0 Å². The lowest BCUT2D eigenvalue weighted by atomic mass is 10.0. The van der Waals surface area contributed by atoms with Gasteiger partial charge in [0.05, 0.1) is 10.9 Å². The van der Waals surface area contributed by atoms with Crippen LogP contribution in [-0.2, 0) is 14.8 Å². The summed E-state index contributed by atoms with van der Waals surface area (Å²) < 4.78 is 27.5. The summed E-state index contributed by atoms with van der Waals surface area (Å²) in [6.07, 6.45) is 0. The molecule has 1 aliphatic heterocycles. The Morgan fingerprint density at radius 1 is 0.875 bits per heavy atom. The van der Waals surface area contributed by atoms with Crippen molar-refractivity contribution < 1.29 is 18.0 Å². The van der Waals surface area contributed by atoms with Crippen LogP contribution in [-0.4, -0.2) is 61.5 Å². The molecule has 8 heteroatoms. The first-order chi connectivity index (χ1) is 15.1. The van der Waals surface area contributed by atoms with Gasteiger partial charge in [-0.2, -0.15) is 4.31 Å². The highest BCUT2D eigenvalue weighted by Crippen LogP contribution is 2.22. The average Bonchev–Trinajstić information content (AvgIpc) is 2.79. The van der Waals surface area contributed by atoms with Crippen molar-refractivity contribution in [1.29, 1.82) is 0 Å². The molecule has 1 heterocycles. The zero-order valence-corrected chi connectivity index (χ0v) is 19.9. The third kappa shape index (κ3) is 5.43. The number of nitrogens with zero attached hydrogens (tertiary/aromatic N) is 2. The van der Waals surface area contributed by atoms with Gasteiger partial charge in [-0.3, -0.25) is 14.5 Å². The van der Waals surface area contributed by atoms with E-state index in [4.69, 9.17) is 0 Å². The molecule has 1 aliphatic rings. The molecule has 172 valence electrons. The van der Waals surface area contributed by atoms with Crippen molar-refractivity contribution in [2.24, 2.45) is 0 Å². The number of anilines is 1. The van der Waals surface area contributed by atoms with Crippen LogP contribution in [0.5, 0.6) is 0 Å². The van der Waals surface area contributed by atoms with E-state index in [2.05, 4.69) is 19.2 Å². The molecule has 0 radical (unpaired) electrons. The number of piperazine rings is 1. The van der Waals surface area contributed by atoms with Gasteiger partial charge < -0.3 is 5.32 Å². The highest BCUT2D eigenvalue weighted by atomic mass is 32.2. The van der Waals surface area contributed by atoms with E-state index in [1.54, 1.807) is 36.4 Å². The maximum atomic E-state index is 13.0. The Morgan fingerprint density at radius 3 is 1.94 bits per heavy atom. The summed E-state index contributed by atoms with van der Waals surface area (Å²) in [6.45, 7) is 9.06. The van der Waals surface area contributed by atoms with E-state index in [9.17, 15) is 18.0 Å². The van der Waals surface area contributed by atoms with Crippen molar-refractivity contribution in [2.75, 3.05) is 31.5 Å². The van der Waals surface area contributed by atoms with Crippen molar-refractivity contribution in [3.05, 3.63) is 59.7 Å². The molecule has 1 amide bonds. The number of carbonyl (C=O) groups excluding carboxylic acids is 2. The fourth-order valence-corrected chi connectivity index (χ4v) is 5.13. The molecule has 0 bridgehead atoms. The van der Waals surface area contributed by atoms with E-state index in [1.165, 1.54) is 11.2 Å². The number of carbonyl (C=O) groups is 2. The highest BCUT2D eigenvalue weighted by Gasteiger charge is 2.31. The van der Waals surface area contributed by atoms with Crippen LogP contribution in [0.2, 0.25) is 0 Å². The highest BCUT2D eigenvalue weighted by molar-refractivity contribution is 7.89. The van der Waals surface area contributed by atoms with Gasteiger partial charge >= 0.3 is 0 Å². The van der Waals surface area contributed by atoms with Crippen LogP contribution >= 0.6 is 0 Å². The Morgan fingerprint density at radius 2 is 1.44 bits per heavy atom. The van der Waals surface area contributed by atoms with E-state index >= 15 is 0 Å². The number of sulfonamides is 1. The van der Waals surface area contributed by atoms with Crippen LogP contribution in [0.3, 0.4) is 0 Å².